The summed E-state index contributed by atoms with van der Waals surface area (Å²) in [6, 6.07) is 4.89. The molecule has 1 aromatic rings. The Labute approximate surface area is 98.7 Å². The van der Waals surface area contributed by atoms with Crippen LogP contribution in [0.15, 0.2) is 12.1 Å². The van der Waals surface area contributed by atoms with Crippen LogP contribution < -0.4 is 0 Å². The number of aromatic hydroxyl groups is 2. The zero-order valence-corrected chi connectivity index (χ0v) is 9.01. The minimum Gasteiger partial charge on any atom is -0.504 e. The monoisotopic (exact) mass is 226 g/mol. The highest BCUT2D eigenvalue weighted by Crippen LogP contribution is 2.36. The van der Waals surface area contributed by atoms with E-state index < -0.39 is 11.5 Å². The molecule has 17 heavy (non-hydrogen) atoms. The summed E-state index contributed by atoms with van der Waals surface area (Å²) in [6.45, 7) is 0. The molecule has 4 heteroatoms. The maximum absolute atomic E-state index is 9.56. The number of phenols is 2. The first-order valence-corrected chi connectivity index (χ1v) is 5.24. The van der Waals surface area contributed by atoms with Crippen molar-refractivity contribution in [2.45, 2.75) is 12.8 Å². The number of phenolic OH excluding ortho intramolecular Hbond substituents is 2. The van der Waals surface area contributed by atoms with Gasteiger partial charge < -0.3 is 10.2 Å². The van der Waals surface area contributed by atoms with Gasteiger partial charge in [-0.2, -0.15) is 10.5 Å². The Bertz CT molecular complexity index is 573. The molecule has 0 aliphatic heterocycles. The fourth-order valence-corrected chi connectivity index (χ4v) is 1.57. The highest BCUT2D eigenvalue weighted by molar-refractivity contribution is 5.71. The molecule has 0 unspecified atom stereocenters. The zero-order chi connectivity index (χ0) is 12.4. The third-order valence-corrected chi connectivity index (χ3v) is 2.71. The van der Waals surface area contributed by atoms with Gasteiger partial charge in [0.05, 0.1) is 11.6 Å². The molecule has 0 spiro atoms. The Kier molecular flexibility index (Phi) is 2.72. The second kappa shape index (κ2) is 4.19. The summed E-state index contributed by atoms with van der Waals surface area (Å²) < 4.78 is 0. The minimum absolute atomic E-state index is 0.0570. The largest absolute Gasteiger partial charge is 0.504 e. The first-order chi connectivity index (χ1) is 8.17. The van der Waals surface area contributed by atoms with Crippen LogP contribution in [-0.2, 0) is 0 Å². The molecular formula is C13H10N2O2. The molecule has 0 bridgehead atoms. The van der Waals surface area contributed by atoms with Crippen molar-refractivity contribution in [3.63, 3.8) is 0 Å². The van der Waals surface area contributed by atoms with E-state index in [2.05, 4.69) is 0 Å². The molecule has 0 radical (unpaired) electrons. The van der Waals surface area contributed by atoms with Crippen molar-refractivity contribution < 1.29 is 10.2 Å². The van der Waals surface area contributed by atoms with Crippen LogP contribution in [0.4, 0.5) is 0 Å². The normalized spacial score (nSPS) is 14.5. The summed E-state index contributed by atoms with van der Waals surface area (Å²) in [6.07, 6.45) is 5.83. The zero-order valence-electron chi connectivity index (χ0n) is 9.01. The van der Waals surface area contributed by atoms with Crippen molar-refractivity contribution in [1.29, 1.82) is 10.5 Å². The standard InChI is InChI=1S/C13H10N2O2/c14-6-9-5-12(16)13(17)11(7-15)10(9)4-3-8-1-2-8/h3-5,8,16-17H,1-2H2. The molecule has 1 fully saturated rings. The number of nitriles is 2. The molecule has 0 saturated heterocycles. The van der Waals surface area contributed by atoms with Gasteiger partial charge in [0.1, 0.15) is 11.6 Å². The molecule has 0 atom stereocenters. The summed E-state index contributed by atoms with van der Waals surface area (Å²) in [5, 5.41) is 36.9. The number of hydrogen-bond acceptors (Lipinski definition) is 4. The molecule has 1 aliphatic rings. The van der Waals surface area contributed by atoms with Crippen LogP contribution in [0.2, 0.25) is 0 Å². The number of hydrogen-bond donors (Lipinski definition) is 2. The van der Waals surface area contributed by atoms with E-state index >= 15 is 0 Å². The molecule has 0 heterocycles. The number of benzene rings is 1. The SMILES string of the molecule is N#Cc1cc(O)c(O)c(C#N)c1C=CC1CC1. The van der Waals surface area contributed by atoms with Crippen LogP contribution in [-0.4, -0.2) is 10.2 Å². The van der Waals surface area contributed by atoms with Gasteiger partial charge in [-0.1, -0.05) is 12.2 Å². The average molecular weight is 226 g/mol. The Hall–Kier alpha value is -2.46. The van der Waals surface area contributed by atoms with Gasteiger partial charge in [0.25, 0.3) is 0 Å². The van der Waals surface area contributed by atoms with Gasteiger partial charge in [0.15, 0.2) is 11.5 Å². The van der Waals surface area contributed by atoms with Crippen molar-refractivity contribution in [3.8, 4) is 23.6 Å². The summed E-state index contributed by atoms with van der Waals surface area (Å²) in [5.41, 5.74) is 0.504. The fraction of sp³-hybridized carbons (Fsp3) is 0.231. The van der Waals surface area contributed by atoms with Crippen LogP contribution in [0.3, 0.4) is 0 Å². The van der Waals surface area contributed by atoms with Crippen molar-refractivity contribution in [1.82, 2.24) is 0 Å². The summed E-state index contributed by atoms with van der Waals surface area (Å²) in [4.78, 5) is 0. The van der Waals surface area contributed by atoms with Gasteiger partial charge in [-0.15, -0.1) is 0 Å². The predicted octanol–water partition coefficient (Wildman–Crippen LogP) is 2.26. The predicted molar refractivity (Wildman–Crippen MR) is 61.0 cm³/mol. The topological polar surface area (TPSA) is 88.0 Å². The third kappa shape index (κ3) is 2.07. The Balaban J connectivity index is 2.58. The minimum atomic E-state index is -0.470. The molecule has 1 aliphatic carbocycles. The summed E-state index contributed by atoms with van der Waals surface area (Å²) >= 11 is 0. The first-order valence-electron chi connectivity index (χ1n) is 5.24. The molecule has 0 aromatic heterocycles. The van der Waals surface area contributed by atoms with Crippen molar-refractivity contribution >= 4 is 6.08 Å². The van der Waals surface area contributed by atoms with Gasteiger partial charge in [0.2, 0.25) is 0 Å². The quantitative estimate of drug-likeness (QED) is 0.757. The maximum Gasteiger partial charge on any atom is 0.176 e. The third-order valence-electron chi connectivity index (χ3n) is 2.71. The van der Waals surface area contributed by atoms with E-state index in [0.29, 0.717) is 11.5 Å². The van der Waals surface area contributed by atoms with Crippen molar-refractivity contribution in [3.05, 3.63) is 28.8 Å². The summed E-state index contributed by atoms with van der Waals surface area (Å²) in [5.74, 6) is -0.410. The molecule has 2 rings (SSSR count). The summed E-state index contributed by atoms with van der Waals surface area (Å²) in [7, 11) is 0. The van der Waals surface area contributed by atoms with Gasteiger partial charge in [-0.05, 0) is 18.8 Å². The van der Waals surface area contributed by atoms with Crippen LogP contribution in [0.1, 0.15) is 29.5 Å². The van der Waals surface area contributed by atoms with Crippen molar-refractivity contribution in [2.75, 3.05) is 0 Å². The second-order valence-corrected chi connectivity index (χ2v) is 4.00. The van der Waals surface area contributed by atoms with E-state index in [1.807, 2.05) is 18.2 Å². The smallest absolute Gasteiger partial charge is 0.176 e. The van der Waals surface area contributed by atoms with Gasteiger partial charge in [0, 0.05) is 11.6 Å². The molecule has 4 nitrogen and oxygen atoms in total. The van der Waals surface area contributed by atoms with Crippen LogP contribution in [0, 0.1) is 28.6 Å². The average Bonchev–Trinajstić information content (AvgIpc) is 3.14. The van der Waals surface area contributed by atoms with Gasteiger partial charge in [-0.3, -0.25) is 0 Å². The lowest BCUT2D eigenvalue weighted by Crippen LogP contribution is -1.90. The Morgan fingerprint density at radius 2 is 1.94 bits per heavy atom. The number of rotatable bonds is 2. The van der Waals surface area contributed by atoms with E-state index in [4.69, 9.17) is 10.5 Å². The van der Waals surface area contributed by atoms with E-state index in [1.54, 1.807) is 6.08 Å². The van der Waals surface area contributed by atoms with E-state index in [-0.39, 0.29) is 11.1 Å². The number of nitrogens with zero attached hydrogens (tertiary/aromatic N) is 2. The van der Waals surface area contributed by atoms with Crippen molar-refractivity contribution in [2.24, 2.45) is 5.92 Å². The van der Waals surface area contributed by atoms with Gasteiger partial charge in [-0.25, -0.2) is 0 Å². The fourth-order valence-electron chi connectivity index (χ4n) is 1.57. The maximum atomic E-state index is 9.56. The Morgan fingerprint density at radius 3 is 2.47 bits per heavy atom. The molecule has 2 N–H and O–H groups in total. The second-order valence-electron chi connectivity index (χ2n) is 4.00. The molecular weight excluding hydrogens is 216 g/mol. The van der Waals surface area contributed by atoms with Gasteiger partial charge >= 0.3 is 0 Å². The first kappa shape index (κ1) is 11.0. The van der Waals surface area contributed by atoms with E-state index in [0.717, 1.165) is 12.8 Å². The molecule has 1 aromatic carbocycles. The highest BCUT2D eigenvalue weighted by Gasteiger charge is 2.19. The Morgan fingerprint density at radius 1 is 1.24 bits per heavy atom. The van der Waals surface area contributed by atoms with E-state index in [9.17, 15) is 10.2 Å². The highest BCUT2D eigenvalue weighted by atomic mass is 16.3. The van der Waals surface area contributed by atoms with Crippen LogP contribution >= 0.6 is 0 Å². The molecule has 1 saturated carbocycles. The van der Waals surface area contributed by atoms with E-state index in [1.165, 1.54) is 6.07 Å². The molecule has 0 amide bonds. The molecule has 84 valence electrons. The lowest BCUT2D eigenvalue weighted by atomic mass is 9.99. The van der Waals surface area contributed by atoms with Crippen LogP contribution in [0.5, 0.6) is 11.5 Å². The van der Waals surface area contributed by atoms with Crippen LogP contribution in [0.25, 0.3) is 6.08 Å². The lowest BCUT2D eigenvalue weighted by molar-refractivity contribution is 0.402. The number of allylic oxidation sites excluding steroid dienone is 1. The lowest BCUT2D eigenvalue weighted by Gasteiger charge is -2.05.